The van der Waals surface area contributed by atoms with E-state index in [0.29, 0.717) is 0 Å². The number of rotatable bonds is 3. The third-order valence-corrected chi connectivity index (χ3v) is 1.23. The quantitative estimate of drug-likeness (QED) is 0.614. The third-order valence-electron chi connectivity index (χ3n) is 1.23. The Hall–Kier alpha value is -0.410. The summed E-state index contributed by atoms with van der Waals surface area (Å²) in [7, 11) is 3.51. The van der Waals surface area contributed by atoms with Crippen LogP contribution in [0, 0.1) is 0 Å². The number of nitrogens with zero attached hydrogens (tertiary/aromatic N) is 1. The normalized spacial score (nSPS) is 14.8. The van der Waals surface area contributed by atoms with Gasteiger partial charge < -0.3 is 9.90 Å². The fraction of sp³-hybridized carbons (Fsp3) is 0.875. The lowest BCUT2D eigenvalue weighted by atomic mass is 10.2. The van der Waals surface area contributed by atoms with Gasteiger partial charge in [0.15, 0.2) is 0 Å². The number of carbonyl (C=O) groups excluding carboxylic acids is 1. The first kappa shape index (κ1) is 13.2. The summed E-state index contributed by atoms with van der Waals surface area (Å²) in [4.78, 5) is 11.9. The average Bonchev–Trinajstić information content (AvgIpc) is 1.91. The maximum atomic E-state index is 10.2. The van der Waals surface area contributed by atoms with Crippen molar-refractivity contribution in [1.82, 2.24) is 4.90 Å². The molecule has 0 saturated carbocycles. The molecule has 3 heteroatoms. The van der Waals surface area contributed by atoms with E-state index < -0.39 is 6.10 Å². The summed E-state index contributed by atoms with van der Waals surface area (Å²) >= 11 is 0. The molecule has 0 aliphatic carbocycles. The first-order valence-electron chi connectivity index (χ1n) is 3.89. The molecule has 0 rings (SSSR count). The van der Waals surface area contributed by atoms with Gasteiger partial charge in [-0.05, 0) is 21.0 Å². The topological polar surface area (TPSA) is 40.5 Å². The van der Waals surface area contributed by atoms with Crippen LogP contribution in [0.1, 0.15) is 20.8 Å². The van der Waals surface area contributed by atoms with Crippen LogP contribution in [-0.2, 0) is 4.79 Å². The Morgan fingerprint density at radius 2 is 1.73 bits per heavy atom. The van der Waals surface area contributed by atoms with Crippen molar-refractivity contribution < 1.29 is 9.90 Å². The zero-order chi connectivity index (χ0) is 9.44. The monoisotopic (exact) mass is 161 g/mol. The van der Waals surface area contributed by atoms with Crippen molar-refractivity contribution in [1.29, 1.82) is 0 Å². The third kappa shape index (κ3) is 6.01. The summed E-state index contributed by atoms with van der Waals surface area (Å²) in [5.41, 5.74) is 0. The highest BCUT2D eigenvalue weighted by Gasteiger charge is 2.14. The molecule has 68 valence electrons. The van der Waals surface area contributed by atoms with E-state index in [1.807, 2.05) is 13.8 Å². The highest BCUT2D eigenvalue weighted by atomic mass is 16.3. The van der Waals surface area contributed by atoms with Crippen LogP contribution >= 0.6 is 0 Å². The molecule has 0 aliphatic heterocycles. The predicted octanol–water partition coefficient (Wildman–Crippen LogP) is 0.522. The molecule has 0 saturated heterocycles. The largest absolute Gasteiger partial charge is 0.391 e. The second-order valence-corrected chi connectivity index (χ2v) is 2.33. The van der Waals surface area contributed by atoms with Crippen LogP contribution in [0.3, 0.4) is 0 Å². The van der Waals surface area contributed by atoms with Crippen molar-refractivity contribution >= 4 is 6.29 Å². The van der Waals surface area contributed by atoms with Crippen molar-refractivity contribution in [3.8, 4) is 0 Å². The van der Waals surface area contributed by atoms with Gasteiger partial charge in [0.1, 0.15) is 6.29 Å². The van der Waals surface area contributed by atoms with Crippen LogP contribution in [0.4, 0.5) is 0 Å². The van der Waals surface area contributed by atoms with Crippen molar-refractivity contribution in [3.05, 3.63) is 0 Å². The van der Waals surface area contributed by atoms with Crippen LogP contribution in [0.25, 0.3) is 0 Å². The predicted molar refractivity (Wildman–Crippen MR) is 46.6 cm³/mol. The lowest BCUT2D eigenvalue weighted by Crippen LogP contribution is -2.38. The molecule has 0 unspecified atom stereocenters. The highest BCUT2D eigenvalue weighted by molar-refractivity contribution is 5.58. The van der Waals surface area contributed by atoms with Gasteiger partial charge in [0, 0.05) is 0 Å². The van der Waals surface area contributed by atoms with E-state index in [1.54, 1.807) is 25.9 Å². The van der Waals surface area contributed by atoms with Gasteiger partial charge in [-0.15, -0.1) is 0 Å². The molecule has 0 radical (unpaired) electrons. The van der Waals surface area contributed by atoms with Gasteiger partial charge in [-0.2, -0.15) is 0 Å². The van der Waals surface area contributed by atoms with Crippen LogP contribution < -0.4 is 0 Å². The zero-order valence-corrected chi connectivity index (χ0v) is 8.03. The number of likely N-dealkylation sites (N-methyl/N-ethyl adjacent to an activating group) is 1. The van der Waals surface area contributed by atoms with Gasteiger partial charge in [0.2, 0.25) is 0 Å². The number of carbonyl (C=O) groups is 1. The average molecular weight is 161 g/mol. The molecule has 2 atom stereocenters. The molecular formula is C8H19NO2. The van der Waals surface area contributed by atoms with E-state index in [2.05, 4.69) is 0 Å². The fourth-order valence-electron chi connectivity index (χ4n) is 0.667. The summed E-state index contributed by atoms with van der Waals surface area (Å²) in [5, 5.41) is 8.91. The number of aliphatic hydroxyl groups excluding tert-OH is 1. The minimum atomic E-state index is -0.586. The number of hydrogen-bond donors (Lipinski definition) is 1. The lowest BCUT2D eigenvalue weighted by Gasteiger charge is -2.20. The smallest absolute Gasteiger partial charge is 0.139 e. The standard InChI is InChI=1S/C6H13NO2.C2H6/c1-5(9)6(4-8)7(2)3;1-2/h4-6,9H,1-3H3;1-2H3/t5-,6-;/m1./s1. The second kappa shape index (κ2) is 7.69. The van der Waals surface area contributed by atoms with Gasteiger partial charge in [-0.25, -0.2) is 0 Å². The Morgan fingerprint density at radius 3 is 1.73 bits per heavy atom. The number of aldehydes is 1. The maximum Gasteiger partial charge on any atom is 0.139 e. The Morgan fingerprint density at radius 1 is 1.36 bits per heavy atom. The Kier molecular flexibility index (Phi) is 9.23. The number of hydrogen-bond acceptors (Lipinski definition) is 3. The van der Waals surface area contributed by atoms with Crippen LogP contribution in [0.5, 0.6) is 0 Å². The molecule has 0 aliphatic rings. The first-order chi connectivity index (χ1) is 5.09. The summed E-state index contributed by atoms with van der Waals surface area (Å²) in [6.45, 7) is 5.60. The maximum absolute atomic E-state index is 10.2. The van der Waals surface area contributed by atoms with Gasteiger partial charge in [-0.1, -0.05) is 13.8 Å². The summed E-state index contributed by atoms with van der Waals surface area (Å²) < 4.78 is 0. The molecule has 3 nitrogen and oxygen atoms in total. The van der Waals surface area contributed by atoms with Crippen molar-refractivity contribution in [2.24, 2.45) is 0 Å². The van der Waals surface area contributed by atoms with Gasteiger partial charge >= 0.3 is 0 Å². The molecule has 0 heterocycles. The molecular weight excluding hydrogens is 142 g/mol. The zero-order valence-electron chi connectivity index (χ0n) is 8.03. The van der Waals surface area contributed by atoms with Crippen molar-refractivity contribution in [2.45, 2.75) is 32.9 Å². The minimum absolute atomic E-state index is 0.370. The van der Waals surface area contributed by atoms with Crippen LogP contribution in [0.15, 0.2) is 0 Å². The molecule has 0 amide bonds. The fourth-order valence-corrected chi connectivity index (χ4v) is 0.667. The SMILES string of the molecule is CC.C[C@@H](O)[C@@H](C=O)N(C)C. The van der Waals surface area contributed by atoms with Crippen molar-refractivity contribution in [3.63, 3.8) is 0 Å². The van der Waals surface area contributed by atoms with E-state index in [-0.39, 0.29) is 6.04 Å². The van der Waals surface area contributed by atoms with Gasteiger partial charge in [0.25, 0.3) is 0 Å². The lowest BCUT2D eigenvalue weighted by molar-refractivity contribution is -0.114. The Balaban J connectivity index is 0. The van der Waals surface area contributed by atoms with Crippen LogP contribution in [-0.4, -0.2) is 42.5 Å². The Labute approximate surface area is 69.0 Å². The molecule has 0 aromatic heterocycles. The molecule has 11 heavy (non-hydrogen) atoms. The second-order valence-electron chi connectivity index (χ2n) is 2.33. The van der Waals surface area contributed by atoms with E-state index in [0.717, 1.165) is 6.29 Å². The molecule has 0 aromatic carbocycles. The van der Waals surface area contributed by atoms with E-state index in [1.165, 1.54) is 0 Å². The van der Waals surface area contributed by atoms with E-state index in [4.69, 9.17) is 5.11 Å². The molecule has 1 N–H and O–H groups in total. The summed E-state index contributed by atoms with van der Waals surface area (Å²) in [6, 6.07) is -0.370. The van der Waals surface area contributed by atoms with Gasteiger partial charge in [0.05, 0.1) is 12.1 Å². The molecule has 0 fully saturated rings. The van der Waals surface area contributed by atoms with Crippen molar-refractivity contribution in [2.75, 3.05) is 14.1 Å². The molecule has 0 spiro atoms. The summed E-state index contributed by atoms with van der Waals surface area (Å²) in [5.74, 6) is 0. The summed E-state index contributed by atoms with van der Waals surface area (Å²) in [6.07, 6.45) is 0.155. The Bertz CT molecular complexity index is 84.1. The molecule has 0 bridgehead atoms. The first-order valence-corrected chi connectivity index (χ1v) is 3.89. The number of aliphatic hydroxyl groups is 1. The highest BCUT2D eigenvalue weighted by Crippen LogP contribution is 1.94. The van der Waals surface area contributed by atoms with Gasteiger partial charge in [-0.3, -0.25) is 4.90 Å². The van der Waals surface area contributed by atoms with Crippen LogP contribution in [0.2, 0.25) is 0 Å². The molecule has 0 aromatic rings. The van der Waals surface area contributed by atoms with E-state index >= 15 is 0 Å². The van der Waals surface area contributed by atoms with E-state index in [9.17, 15) is 4.79 Å². The minimum Gasteiger partial charge on any atom is -0.391 e.